The minimum absolute atomic E-state index is 0.0356. The molecular formula is C13H19BrN2O2. The van der Waals surface area contributed by atoms with E-state index in [-0.39, 0.29) is 5.91 Å². The molecule has 2 N–H and O–H groups in total. The van der Waals surface area contributed by atoms with Crippen LogP contribution in [0.2, 0.25) is 0 Å². The maximum Gasteiger partial charge on any atom is 0.234 e. The Balaban J connectivity index is 2.31. The van der Waals surface area contributed by atoms with Crippen LogP contribution in [0.5, 0.6) is 5.75 Å². The number of hydrogen-bond acceptors (Lipinski definition) is 3. The summed E-state index contributed by atoms with van der Waals surface area (Å²) in [7, 11) is 3.34. The first kappa shape index (κ1) is 15.0. The molecule has 0 saturated carbocycles. The van der Waals surface area contributed by atoms with Gasteiger partial charge in [0.25, 0.3) is 0 Å². The number of methoxy groups -OCH3 is 1. The second-order valence-electron chi connectivity index (χ2n) is 3.97. The van der Waals surface area contributed by atoms with Crippen molar-refractivity contribution < 1.29 is 9.53 Å². The van der Waals surface area contributed by atoms with Crippen molar-refractivity contribution >= 4 is 21.8 Å². The Hall–Kier alpha value is -1.07. The van der Waals surface area contributed by atoms with Crippen molar-refractivity contribution in [1.29, 1.82) is 0 Å². The SMILES string of the molecule is CNNC(=O)CCCCc1ccc(OC)c(Br)c1. The fourth-order valence-electron chi connectivity index (χ4n) is 1.68. The molecule has 4 nitrogen and oxygen atoms in total. The molecule has 0 aliphatic rings. The van der Waals surface area contributed by atoms with Crippen LogP contribution in [0.4, 0.5) is 0 Å². The Kier molecular flexibility index (Phi) is 6.75. The quantitative estimate of drug-likeness (QED) is 0.600. The summed E-state index contributed by atoms with van der Waals surface area (Å²) in [6.07, 6.45) is 3.40. The molecule has 0 heterocycles. The van der Waals surface area contributed by atoms with Crippen LogP contribution in [0.15, 0.2) is 22.7 Å². The maximum absolute atomic E-state index is 11.2. The van der Waals surface area contributed by atoms with Crippen molar-refractivity contribution in [1.82, 2.24) is 10.9 Å². The molecule has 0 aliphatic heterocycles. The van der Waals surface area contributed by atoms with E-state index in [1.165, 1.54) is 5.56 Å². The summed E-state index contributed by atoms with van der Waals surface area (Å²) in [5.41, 5.74) is 6.43. The summed E-state index contributed by atoms with van der Waals surface area (Å²) in [5, 5.41) is 0. The highest BCUT2D eigenvalue weighted by molar-refractivity contribution is 9.10. The number of nitrogens with one attached hydrogen (secondary N) is 2. The van der Waals surface area contributed by atoms with Gasteiger partial charge in [-0.1, -0.05) is 6.07 Å². The molecule has 100 valence electrons. The molecule has 0 bridgehead atoms. The Morgan fingerprint density at radius 1 is 1.39 bits per heavy atom. The van der Waals surface area contributed by atoms with E-state index in [2.05, 4.69) is 38.9 Å². The van der Waals surface area contributed by atoms with Crippen molar-refractivity contribution in [2.24, 2.45) is 0 Å². The molecule has 0 saturated heterocycles. The van der Waals surface area contributed by atoms with Crippen molar-refractivity contribution in [2.75, 3.05) is 14.2 Å². The Labute approximate surface area is 116 Å². The van der Waals surface area contributed by atoms with E-state index in [0.717, 1.165) is 29.5 Å². The lowest BCUT2D eigenvalue weighted by Crippen LogP contribution is -2.33. The first-order valence-electron chi connectivity index (χ1n) is 5.95. The van der Waals surface area contributed by atoms with Gasteiger partial charge >= 0.3 is 0 Å². The minimum atomic E-state index is 0.0356. The number of hydrogen-bond donors (Lipinski definition) is 2. The first-order chi connectivity index (χ1) is 8.67. The standard InChI is InChI=1S/C13H19BrN2O2/c1-15-16-13(17)6-4-3-5-10-7-8-12(18-2)11(14)9-10/h7-9,15H,3-6H2,1-2H3,(H,16,17). The largest absolute Gasteiger partial charge is 0.496 e. The summed E-state index contributed by atoms with van der Waals surface area (Å²) < 4.78 is 6.15. The van der Waals surface area contributed by atoms with Crippen LogP contribution >= 0.6 is 15.9 Å². The van der Waals surface area contributed by atoms with Gasteiger partial charge in [-0.25, -0.2) is 5.43 Å². The second-order valence-corrected chi connectivity index (χ2v) is 4.83. The topological polar surface area (TPSA) is 50.4 Å². The molecule has 0 radical (unpaired) electrons. The van der Waals surface area contributed by atoms with E-state index in [1.807, 2.05) is 6.07 Å². The van der Waals surface area contributed by atoms with Crippen LogP contribution in [-0.2, 0) is 11.2 Å². The second kappa shape index (κ2) is 8.11. The highest BCUT2D eigenvalue weighted by atomic mass is 79.9. The van der Waals surface area contributed by atoms with Crippen molar-refractivity contribution in [3.63, 3.8) is 0 Å². The molecule has 1 amide bonds. The lowest BCUT2D eigenvalue weighted by atomic mass is 10.1. The zero-order valence-corrected chi connectivity index (χ0v) is 12.3. The average molecular weight is 315 g/mol. The van der Waals surface area contributed by atoms with Crippen molar-refractivity contribution in [2.45, 2.75) is 25.7 Å². The zero-order chi connectivity index (χ0) is 13.4. The fraction of sp³-hybridized carbons (Fsp3) is 0.462. The number of carbonyl (C=O) groups is 1. The highest BCUT2D eigenvalue weighted by Crippen LogP contribution is 2.26. The van der Waals surface area contributed by atoms with Gasteiger partial charge in [0.1, 0.15) is 5.75 Å². The van der Waals surface area contributed by atoms with Crippen LogP contribution in [0.1, 0.15) is 24.8 Å². The van der Waals surface area contributed by atoms with Crippen LogP contribution in [0.25, 0.3) is 0 Å². The fourth-order valence-corrected chi connectivity index (χ4v) is 2.27. The van der Waals surface area contributed by atoms with Gasteiger partial charge in [0, 0.05) is 13.5 Å². The molecule has 1 rings (SSSR count). The van der Waals surface area contributed by atoms with Gasteiger partial charge in [-0.05, 0) is 52.9 Å². The van der Waals surface area contributed by atoms with Crippen molar-refractivity contribution in [3.8, 4) is 5.75 Å². The molecule has 0 spiro atoms. The first-order valence-corrected chi connectivity index (χ1v) is 6.74. The van der Waals surface area contributed by atoms with Crippen LogP contribution < -0.4 is 15.6 Å². The van der Waals surface area contributed by atoms with Gasteiger partial charge < -0.3 is 4.74 Å². The van der Waals surface area contributed by atoms with E-state index in [9.17, 15) is 4.79 Å². The lowest BCUT2D eigenvalue weighted by Gasteiger charge is -2.06. The molecule has 0 aliphatic carbocycles. The molecular weight excluding hydrogens is 296 g/mol. The van der Waals surface area contributed by atoms with Gasteiger partial charge in [-0.15, -0.1) is 0 Å². The molecule has 0 atom stereocenters. The molecule has 0 unspecified atom stereocenters. The molecule has 1 aromatic carbocycles. The van der Waals surface area contributed by atoms with Crippen LogP contribution in [-0.4, -0.2) is 20.1 Å². The molecule has 0 aromatic heterocycles. The Morgan fingerprint density at radius 2 is 2.17 bits per heavy atom. The summed E-state index contributed by atoms with van der Waals surface area (Å²) in [4.78, 5) is 11.2. The number of hydrazine groups is 1. The van der Waals surface area contributed by atoms with E-state index in [1.54, 1.807) is 14.2 Å². The normalized spacial score (nSPS) is 10.2. The zero-order valence-electron chi connectivity index (χ0n) is 10.8. The van der Waals surface area contributed by atoms with Crippen LogP contribution in [0, 0.1) is 0 Å². The summed E-state index contributed by atoms with van der Waals surface area (Å²) in [5.74, 6) is 0.876. The predicted octanol–water partition coefficient (Wildman–Crippen LogP) is 2.42. The monoisotopic (exact) mass is 314 g/mol. The number of rotatable bonds is 7. The third-order valence-corrected chi connectivity index (χ3v) is 3.22. The number of unbranched alkanes of at least 4 members (excludes halogenated alkanes) is 1. The lowest BCUT2D eigenvalue weighted by molar-refractivity contribution is -0.122. The number of amides is 1. The predicted molar refractivity (Wildman–Crippen MR) is 75.5 cm³/mol. The van der Waals surface area contributed by atoms with E-state index in [4.69, 9.17) is 4.74 Å². The minimum Gasteiger partial charge on any atom is -0.496 e. The molecule has 1 aromatic rings. The number of halogens is 1. The Morgan fingerprint density at radius 3 is 2.78 bits per heavy atom. The van der Waals surface area contributed by atoms with Gasteiger partial charge in [0.05, 0.1) is 11.6 Å². The smallest absolute Gasteiger partial charge is 0.234 e. The van der Waals surface area contributed by atoms with E-state index >= 15 is 0 Å². The molecule has 18 heavy (non-hydrogen) atoms. The maximum atomic E-state index is 11.2. The number of carbonyl (C=O) groups excluding carboxylic acids is 1. The highest BCUT2D eigenvalue weighted by Gasteiger charge is 2.03. The summed E-state index contributed by atoms with van der Waals surface area (Å²) in [6, 6.07) is 6.07. The molecule has 5 heteroatoms. The van der Waals surface area contributed by atoms with Gasteiger partial charge in [0.2, 0.25) is 5.91 Å². The van der Waals surface area contributed by atoms with Crippen molar-refractivity contribution in [3.05, 3.63) is 28.2 Å². The third kappa shape index (κ3) is 5.06. The van der Waals surface area contributed by atoms with E-state index < -0.39 is 0 Å². The third-order valence-electron chi connectivity index (χ3n) is 2.60. The number of benzene rings is 1. The van der Waals surface area contributed by atoms with Gasteiger partial charge in [-0.3, -0.25) is 10.2 Å². The molecule has 0 fully saturated rings. The number of ether oxygens (including phenoxy) is 1. The van der Waals surface area contributed by atoms with Gasteiger partial charge in [0.15, 0.2) is 0 Å². The summed E-state index contributed by atoms with van der Waals surface area (Å²) in [6.45, 7) is 0. The number of aryl methyl sites for hydroxylation is 1. The summed E-state index contributed by atoms with van der Waals surface area (Å²) >= 11 is 3.46. The van der Waals surface area contributed by atoms with E-state index in [0.29, 0.717) is 6.42 Å². The van der Waals surface area contributed by atoms with Crippen LogP contribution in [0.3, 0.4) is 0 Å². The van der Waals surface area contributed by atoms with Gasteiger partial charge in [-0.2, -0.15) is 0 Å². The average Bonchev–Trinajstić information content (AvgIpc) is 2.35. The Bertz CT molecular complexity index is 397.